The molecule has 0 aliphatic carbocycles. The number of carbonyl (C=O) groups excluding carboxylic acids is 1. The lowest BCUT2D eigenvalue weighted by Crippen LogP contribution is -2.41. The second-order valence-corrected chi connectivity index (χ2v) is 11.1. The Morgan fingerprint density at radius 3 is 2.71 bits per heavy atom. The van der Waals surface area contributed by atoms with E-state index in [0.29, 0.717) is 36.8 Å². The van der Waals surface area contributed by atoms with Crippen molar-refractivity contribution in [1.29, 1.82) is 0 Å². The van der Waals surface area contributed by atoms with E-state index in [2.05, 4.69) is 16.8 Å². The van der Waals surface area contributed by atoms with Crippen LogP contribution in [0.3, 0.4) is 0 Å². The molecule has 0 spiro atoms. The molecule has 35 heavy (non-hydrogen) atoms. The van der Waals surface area contributed by atoms with Crippen molar-refractivity contribution < 1.29 is 22.7 Å². The summed E-state index contributed by atoms with van der Waals surface area (Å²) in [5, 5.41) is 1.71. The average Bonchev–Trinajstić information content (AvgIpc) is 3.19. The highest BCUT2D eigenvalue weighted by molar-refractivity contribution is 7.90. The molecule has 0 saturated carbocycles. The van der Waals surface area contributed by atoms with Gasteiger partial charge in [0.25, 0.3) is 0 Å². The molecule has 0 bridgehead atoms. The van der Waals surface area contributed by atoms with E-state index in [4.69, 9.17) is 21.1 Å². The molecule has 3 aromatic rings. The van der Waals surface area contributed by atoms with Crippen LogP contribution in [0.15, 0.2) is 42.5 Å². The maximum absolute atomic E-state index is 13.0. The summed E-state index contributed by atoms with van der Waals surface area (Å²) in [7, 11) is -3.01. The molecule has 0 unspecified atom stereocenters. The molecular weight excluding hydrogens is 488 g/mol. The first-order valence-corrected chi connectivity index (χ1v) is 13.7. The number of amides is 1. The summed E-state index contributed by atoms with van der Waals surface area (Å²) in [6.07, 6.45) is 1.87. The van der Waals surface area contributed by atoms with E-state index in [-0.39, 0.29) is 18.4 Å². The number of nitrogens with zero attached hydrogens (tertiary/aromatic N) is 1. The lowest BCUT2D eigenvalue weighted by Gasteiger charge is -2.35. The highest BCUT2D eigenvalue weighted by Gasteiger charge is 2.35. The minimum atomic E-state index is -3.01. The maximum atomic E-state index is 13.0. The summed E-state index contributed by atoms with van der Waals surface area (Å²) in [5.41, 5.74) is 3.91. The second kappa shape index (κ2) is 10.6. The highest BCUT2D eigenvalue weighted by Crippen LogP contribution is 2.39. The standard InChI is InChI=1S/C26H27ClN2O5S/c1-3-4-14-34-26(30)29-13-12-21-22-17-19(27)8-11-23(22)28-24(21)25(29)18-6-9-20(10-7-18)33-15-5-16-35(2,31)32/h6-11,17,25,28H,5,12-16H2,1-2H3/t25-/m0/s1. The van der Waals surface area contributed by atoms with Gasteiger partial charge in [0.05, 0.1) is 12.4 Å². The van der Waals surface area contributed by atoms with Crippen LogP contribution in [0, 0.1) is 11.8 Å². The van der Waals surface area contributed by atoms with Gasteiger partial charge in [0.15, 0.2) is 6.61 Å². The molecule has 0 fully saturated rings. The number of hydrogen-bond donors (Lipinski definition) is 1. The first-order valence-electron chi connectivity index (χ1n) is 11.3. The Morgan fingerprint density at radius 2 is 2.00 bits per heavy atom. The molecule has 1 aromatic heterocycles. The van der Waals surface area contributed by atoms with Gasteiger partial charge in [-0.05, 0) is 61.2 Å². The molecule has 2 aromatic carbocycles. The van der Waals surface area contributed by atoms with Crippen LogP contribution < -0.4 is 4.74 Å². The molecule has 7 nitrogen and oxygen atoms in total. The summed E-state index contributed by atoms with van der Waals surface area (Å²) in [5.74, 6) is 6.21. The summed E-state index contributed by atoms with van der Waals surface area (Å²) < 4.78 is 33.7. The zero-order valence-electron chi connectivity index (χ0n) is 19.6. The fourth-order valence-corrected chi connectivity index (χ4v) is 5.13. The van der Waals surface area contributed by atoms with E-state index in [1.807, 2.05) is 42.5 Å². The fourth-order valence-electron chi connectivity index (χ4n) is 4.31. The third-order valence-electron chi connectivity index (χ3n) is 5.89. The van der Waals surface area contributed by atoms with Crippen LogP contribution >= 0.6 is 11.6 Å². The number of rotatable bonds is 7. The SMILES string of the molecule is CC#CCOC(=O)N1CCc2c([nH]c3ccc(Cl)cc23)[C@@H]1c1ccc(OCCCS(C)(=O)=O)cc1. The van der Waals surface area contributed by atoms with E-state index in [0.717, 1.165) is 27.7 Å². The molecule has 184 valence electrons. The van der Waals surface area contributed by atoms with E-state index >= 15 is 0 Å². The van der Waals surface area contributed by atoms with Crippen molar-refractivity contribution in [1.82, 2.24) is 9.88 Å². The molecule has 0 saturated heterocycles. The first kappa shape index (κ1) is 25.0. The Balaban J connectivity index is 1.62. The predicted molar refractivity (Wildman–Crippen MR) is 137 cm³/mol. The number of carbonyl (C=O) groups is 1. The molecule has 1 N–H and O–H groups in total. The summed E-state index contributed by atoms with van der Waals surface area (Å²) in [6, 6.07) is 12.8. The zero-order chi connectivity index (χ0) is 25.0. The molecule has 1 amide bonds. The van der Waals surface area contributed by atoms with Crippen molar-refractivity contribution in [3.05, 3.63) is 64.3 Å². The van der Waals surface area contributed by atoms with Crippen LogP contribution in [0.25, 0.3) is 10.9 Å². The zero-order valence-corrected chi connectivity index (χ0v) is 21.2. The number of fused-ring (bicyclic) bond motifs is 3. The van der Waals surface area contributed by atoms with Crippen molar-refractivity contribution in [2.75, 3.05) is 31.8 Å². The number of H-pyrrole nitrogens is 1. The minimum Gasteiger partial charge on any atom is -0.494 e. The van der Waals surface area contributed by atoms with Crippen molar-refractivity contribution in [3.63, 3.8) is 0 Å². The smallest absolute Gasteiger partial charge is 0.411 e. The average molecular weight is 515 g/mol. The van der Waals surface area contributed by atoms with Crippen molar-refractivity contribution in [2.24, 2.45) is 0 Å². The molecule has 0 radical (unpaired) electrons. The van der Waals surface area contributed by atoms with Gasteiger partial charge in [-0.2, -0.15) is 0 Å². The summed E-state index contributed by atoms with van der Waals surface area (Å²) in [6.45, 7) is 2.52. The van der Waals surface area contributed by atoms with Gasteiger partial charge in [-0.15, -0.1) is 5.92 Å². The largest absolute Gasteiger partial charge is 0.494 e. The number of benzene rings is 2. The third kappa shape index (κ3) is 5.92. The van der Waals surface area contributed by atoms with Crippen molar-refractivity contribution >= 4 is 38.4 Å². The molecule has 1 aliphatic heterocycles. The van der Waals surface area contributed by atoms with Crippen LogP contribution in [-0.2, 0) is 21.0 Å². The number of halogens is 1. The fraction of sp³-hybridized carbons (Fsp3) is 0.346. The quantitative estimate of drug-likeness (QED) is 0.363. The normalized spacial score (nSPS) is 15.3. The van der Waals surface area contributed by atoms with Crippen LogP contribution in [-0.4, -0.2) is 56.2 Å². The van der Waals surface area contributed by atoms with Crippen molar-refractivity contribution in [2.45, 2.75) is 25.8 Å². The Bertz CT molecular complexity index is 1390. The molecule has 2 heterocycles. The Hall–Kier alpha value is -3.15. The number of aromatic nitrogens is 1. The highest BCUT2D eigenvalue weighted by atomic mass is 35.5. The van der Waals surface area contributed by atoms with E-state index in [1.165, 1.54) is 6.26 Å². The number of hydrogen-bond acceptors (Lipinski definition) is 5. The predicted octanol–water partition coefficient (Wildman–Crippen LogP) is 4.74. The first-order chi connectivity index (χ1) is 16.8. The second-order valence-electron chi connectivity index (χ2n) is 8.44. The van der Waals surface area contributed by atoms with Gasteiger partial charge in [-0.3, -0.25) is 4.90 Å². The maximum Gasteiger partial charge on any atom is 0.411 e. The van der Waals surface area contributed by atoms with Crippen LogP contribution in [0.1, 0.15) is 36.2 Å². The van der Waals surface area contributed by atoms with Crippen LogP contribution in [0.4, 0.5) is 4.79 Å². The summed E-state index contributed by atoms with van der Waals surface area (Å²) in [4.78, 5) is 18.2. The third-order valence-corrected chi connectivity index (χ3v) is 7.16. The number of ether oxygens (including phenoxy) is 2. The van der Waals surface area contributed by atoms with Crippen molar-refractivity contribution in [3.8, 4) is 17.6 Å². The van der Waals surface area contributed by atoms with E-state index < -0.39 is 15.9 Å². The van der Waals surface area contributed by atoms with E-state index in [1.54, 1.807) is 11.8 Å². The van der Waals surface area contributed by atoms with Gasteiger partial charge in [-0.1, -0.05) is 29.7 Å². The number of aromatic amines is 1. The molecule has 9 heteroatoms. The van der Waals surface area contributed by atoms with Gasteiger partial charge in [-0.25, -0.2) is 13.2 Å². The van der Waals surface area contributed by atoms with Gasteiger partial charge in [0.2, 0.25) is 0 Å². The van der Waals surface area contributed by atoms with Gasteiger partial charge >= 0.3 is 6.09 Å². The lowest BCUT2D eigenvalue weighted by molar-refractivity contribution is 0.0993. The Morgan fingerprint density at radius 1 is 1.23 bits per heavy atom. The number of nitrogens with one attached hydrogen (secondary N) is 1. The molecular formula is C26H27ClN2O5S. The molecule has 1 atom stereocenters. The van der Waals surface area contributed by atoms with E-state index in [9.17, 15) is 13.2 Å². The minimum absolute atomic E-state index is 0.0357. The Labute approximate surface area is 210 Å². The van der Waals surface area contributed by atoms with Gasteiger partial charge in [0.1, 0.15) is 21.6 Å². The van der Waals surface area contributed by atoms with Gasteiger partial charge < -0.3 is 14.5 Å². The number of sulfone groups is 1. The van der Waals surface area contributed by atoms with Crippen LogP contribution in [0.2, 0.25) is 5.02 Å². The molecule has 4 rings (SSSR count). The monoisotopic (exact) mass is 514 g/mol. The van der Waals surface area contributed by atoms with Gasteiger partial charge in [0, 0.05) is 34.4 Å². The lowest BCUT2D eigenvalue weighted by atomic mass is 9.92. The topological polar surface area (TPSA) is 88.7 Å². The Kier molecular flexibility index (Phi) is 7.58. The van der Waals surface area contributed by atoms with Crippen LogP contribution in [0.5, 0.6) is 5.75 Å². The summed E-state index contributed by atoms with van der Waals surface area (Å²) >= 11 is 6.26. The molecule has 1 aliphatic rings.